The van der Waals surface area contributed by atoms with E-state index in [9.17, 15) is 4.39 Å². The summed E-state index contributed by atoms with van der Waals surface area (Å²) >= 11 is 5.53. The number of halogens is 2. The second kappa shape index (κ2) is 3.82. The fraction of sp³-hybridized carbons (Fsp3) is 0.125. The van der Waals surface area contributed by atoms with Gasteiger partial charge in [-0.3, -0.25) is 4.68 Å². The molecule has 0 saturated heterocycles. The second-order valence-corrected chi connectivity index (χ2v) is 3.18. The van der Waals surface area contributed by atoms with Crippen LogP contribution in [0, 0.1) is 5.82 Å². The molecule has 0 spiro atoms. The smallest absolute Gasteiger partial charge is 0.342 e. The minimum absolute atomic E-state index is 0.0335. The van der Waals surface area contributed by atoms with Gasteiger partial charge in [0.1, 0.15) is 6.33 Å². The summed E-state index contributed by atoms with van der Waals surface area (Å²) in [5, 5.41) is 4.02. The summed E-state index contributed by atoms with van der Waals surface area (Å²) in [5.41, 5.74) is 0. The van der Waals surface area contributed by atoms with Gasteiger partial charge in [0.05, 0.1) is 5.02 Å². The number of aryl methyl sites for hydroxylation is 1. The largest absolute Gasteiger partial charge is 0.401 e. The van der Waals surface area contributed by atoms with Crippen molar-refractivity contribution in [2.45, 2.75) is 0 Å². The third-order valence-corrected chi connectivity index (χ3v) is 1.75. The number of nitrogens with zero attached hydrogens (tertiary/aromatic N) is 4. The normalized spacial score (nSPS) is 10.3. The molecular weight excluding hydrogens is 223 g/mol. The molecule has 7 heteroatoms. The quantitative estimate of drug-likeness (QED) is 0.787. The lowest BCUT2D eigenvalue weighted by molar-refractivity contribution is 0.392. The molecule has 2 aromatic heterocycles. The zero-order valence-corrected chi connectivity index (χ0v) is 8.44. The summed E-state index contributed by atoms with van der Waals surface area (Å²) in [7, 11) is 1.67. The lowest BCUT2D eigenvalue weighted by Crippen LogP contribution is -1.94. The van der Waals surface area contributed by atoms with Gasteiger partial charge in [-0.15, -0.1) is 5.10 Å². The summed E-state index contributed by atoms with van der Waals surface area (Å²) in [6.07, 6.45) is 2.71. The third kappa shape index (κ3) is 2.21. The molecule has 0 unspecified atom stereocenters. The van der Waals surface area contributed by atoms with Crippen molar-refractivity contribution in [3.8, 4) is 11.9 Å². The molecule has 0 fully saturated rings. The van der Waals surface area contributed by atoms with Gasteiger partial charge in [-0.2, -0.15) is 4.98 Å². The molecular formula is C8H6ClFN4O. The van der Waals surface area contributed by atoms with Gasteiger partial charge in [-0.1, -0.05) is 11.6 Å². The zero-order valence-electron chi connectivity index (χ0n) is 7.69. The highest BCUT2D eigenvalue weighted by molar-refractivity contribution is 6.30. The number of hydrogen-bond donors (Lipinski definition) is 0. The molecule has 15 heavy (non-hydrogen) atoms. The minimum atomic E-state index is -0.657. The number of hydrogen-bond acceptors (Lipinski definition) is 4. The summed E-state index contributed by atoms with van der Waals surface area (Å²) < 4.78 is 19.6. The summed E-state index contributed by atoms with van der Waals surface area (Å²) in [5.74, 6) is -0.861. The van der Waals surface area contributed by atoms with E-state index in [-0.39, 0.29) is 16.9 Å². The maximum atomic E-state index is 13.2. The Bertz CT molecular complexity index is 487. The highest BCUT2D eigenvalue weighted by atomic mass is 35.5. The van der Waals surface area contributed by atoms with Crippen LogP contribution in [0.4, 0.5) is 4.39 Å². The molecule has 0 radical (unpaired) electrons. The Morgan fingerprint density at radius 3 is 2.87 bits per heavy atom. The molecule has 5 nitrogen and oxygen atoms in total. The van der Waals surface area contributed by atoms with Crippen LogP contribution in [0.25, 0.3) is 0 Å². The summed E-state index contributed by atoms with van der Waals surface area (Å²) in [6, 6.07) is 1.14. The van der Waals surface area contributed by atoms with Gasteiger partial charge >= 0.3 is 6.01 Å². The molecule has 78 valence electrons. The summed E-state index contributed by atoms with van der Waals surface area (Å²) in [4.78, 5) is 7.43. The number of pyridine rings is 1. The van der Waals surface area contributed by atoms with E-state index < -0.39 is 5.82 Å². The van der Waals surface area contributed by atoms with E-state index in [1.807, 2.05) is 0 Å². The summed E-state index contributed by atoms with van der Waals surface area (Å²) in [6.45, 7) is 0. The zero-order chi connectivity index (χ0) is 10.8. The van der Waals surface area contributed by atoms with E-state index in [2.05, 4.69) is 15.1 Å². The first kappa shape index (κ1) is 9.85. The molecule has 0 aliphatic heterocycles. The third-order valence-electron chi connectivity index (χ3n) is 1.54. The molecule has 0 atom stereocenters. The van der Waals surface area contributed by atoms with Gasteiger partial charge in [-0.25, -0.2) is 9.37 Å². The molecule has 0 saturated carbocycles. The SMILES string of the molecule is Cn1cnc(Oc2ncc(Cl)cc2F)n1. The van der Waals surface area contributed by atoms with Crippen LogP contribution in [-0.4, -0.2) is 19.7 Å². The molecule has 2 rings (SSSR count). The van der Waals surface area contributed by atoms with Crippen LogP contribution >= 0.6 is 11.6 Å². The highest BCUT2D eigenvalue weighted by Gasteiger charge is 2.09. The first-order chi connectivity index (χ1) is 7.15. The Balaban J connectivity index is 2.24. The van der Waals surface area contributed by atoms with Crippen molar-refractivity contribution in [1.29, 1.82) is 0 Å². The van der Waals surface area contributed by atoms with Crippen molar-refractivity contribution in [3.63, 3.8) is 0 Å². The van der Waals surface area contributed by atoms with Gasteiger partial charge in [0.2, 0.25) is 0 Å². The van der Waals surface area contributed by atoms with E-state index in [4.69, 9.17) is 16.3 Å². The maximum Gasteiger partial charge on any atom is 0.342 e. The lowest BCUT2D eigenvalue weighted by atomic mass is 10.5. The first-order valence-electron chi connectivity index (χ1n) is 3.99. The monoisotopic (exact) mass is 228 g/mol. The fourth-order valence-electron chi connectivity index (χ4n) is 0.930. The first-order valence-corrected chi connectivity index (χ1v) is 4.37. The Kier molecular flexibility index (Phi) is 2.51. The van der Waals surface area contributed by atoms with Crippen LogP contribution in [-0.2, 0) is 7.05 Å². The Hall–Kier alpha value is -1.69. The topological polar surface area (TPSA) is 52.8 Å². The number of ether oxygens (including phenoxy) is 1. The van der Waals surface area contributed by atoms with E-state index >= 15 is 0 Å². The molecule has 0 aromatic carbocycles. The molecule has 0 amide bonds. The Morgan fingerprint density at radius 1 is 1.47 bits per heavy atom. The van der Waals surface area contributed by atoms with Crippen molar-refractivity contribution >= 4 is 11.6 Å². The van der Waals surface area contributed by atoms with Crippen LogP contribution in [0.5, 0.6) is 11.9 Å². The van der Waals surface area contributed by atoms with E-state index in [1.54, 1.807) is 7.05 Å². The lowest BCUT2D eigenvalue weighted by Gasteiger charge is -2.00. The van der Waals surface area contributed by atoms with Crippen LogP contribution in [0.15, 0.2) is 18.6 Å². The highest BCUT2D eigenvalue weighted by Crippen LogP contribution is 2.20. The molecule has 2 heterocycles. The number of rotatable bonds is 2. The van der Waals surface area contributed by atoms with Gasteiger partial charge < -0.3 is 4.74 Å². The van der Waals surface area contributed by atoms with Crippen LogP contribution in [0.2, 0.25) is 5.02 Å². The van der Waals surface area contributed by atoms with Crippen molar-refractivity contribution < 1.29 is 9.13 Å². The van der Waals surface area contributed by atoms with Gasteiger partial charge in [-0.05, 0) is 6.07 Å². The Labute approximate surface area is 89.5 Å². The average Bonchev–Trinajstić information content (AvgIpc) is 2.56. The molecule has 0 aliphatic rings. The van der Waals surface area contributed by atoms with E-state index in [1.165, 1.54) is 17.2 Å². The van der Waals surface area contributed by atoms with Crippen molar-refractivity contribution in [3.05, 3.63) is 29.4 Å². The van der Waals surface area contributed by atoms with Crippen molar-refractivity contribution in [1.82, 2.24) is 19.7 Å². The number of aromatic nitrogens is 4. The second-order valence-electron chi connectivity index (χ2n) is 2.74. The van der Waals surface area contributed by atoms with E-state index in [0.29, 0.717) is 0 Å². The Morgan fingerprint density at radius 2 is 2.27 bits per heavy atom. The maximum absolute atomic E-state index is 13.2. The van der Waals surface area contributed by atoms with Gasteiger partial charge in [0.15, 0.2) is 5.82 Å². The van der Waals surface area contributed by atoms with Crippen LogP contribution in [0.1, 0.15) is 0 Å². The van der Waals surface area contributed by atoms with Crippen LogP contribution < -0.4 is 4.74 Å². The van der Waals surface area contributed by atoms with Gasteiger partial charge in [0.25, 0.3) is 5.88 Å². The fourth-order valence-corrected chi connectivity index (χ4v) is 1.07. The van der Waals surface area contributed by atoms with Crippen LogP contribution in [0.3, 0.4) is 0 Å². The van der Waals surface area contributed by atoms with Crippen molar-refractivity contribution in [2.75, 3.05) is 0 Å². The van der Waals surface area contributed by atoms with E-state index in [0.717, 1.165) is 6.07 Å². The molecule has 0 bridgehead atoms. The average molecular weight is 229 g/mol. The standard InChI is InChI=1S/C8H6ClFN4O/c1-14-4-12-8(13-14)15-7-6(10)2-5(9)3-11-7/h2-4H,1H3. The van der Waals surface area contributed by atoms with Crippen molar-refractivity contribution in [2.24, 2.45) is 7.05 Å². The minimum Gasteiger partial charge on any atom is -0.401 e. The van der Waals surface area contributed by atoms with Gasteiger partial charge in [0, 0.05) is 13.2 Å². The predicted molar refractivity (Wildman–Crippen MR) is 50.3 cm³/mol. The molecule has 0 N–H and O–H groups in total. The predicted octanol–water partition coefficient (Wildman–Crippen LogP) is 1.79. The molecule has 0 aliphatic carbocycles. The molecule has 2 aromatic rings.